The van der Waals surface area contributed by atoms with Crippen LogP contribution < -0.4 is 4.90 Å². The van der Waals surface area contributed by atoms with Gasteiger partial charge in [0.25, 0.3) is 0 Å². The highest BCUT2D eigenvalue weighted by Crippen LogP contribution is 2.24. The number of anilines is 1. The Balaban J connectivity index is 1.39. The van der Waals surface area contributed by atoms with Crippen LogP contribution in [0.4, 0.5) is 10.1 Å². The van der Waals surface area contributed by atoms with Gasteiger partial charge in [0.2, 0.25) is 5.91 Å². The van der Waals surface area contributed by atoms with Gasteiger partial charge in [-0.05, 0) is 48.5 Å². The Morgan fingerprint density at radius 2 is 1.70 bits per heavy atom. The Bertz CT molecular complexity index is 817. The third-order valence-electron chi connectivity index (χ3n) is 5.05. The topological polar surface area (TPSA) is 41.6 Å². The third kappa shape index (κ3) is 3.89. The van der Waals surface area contributed by atoms with E-state index in [1.54, 1.807) is 18.4 Å². The fourth-order valence-corrected chi connectivity index (χ4v) is 3.55. The Kier molecular flexibility index (Phi) is 4.96. The molecule has 0 aliphatic carbocycles. The first-order valence-electron chi connectivity index (χ1n) is 9.15. The van der Waals surface area contributed by atoms with E-state index in [2.05, 4.69) is 4.90 Å². The molecule has 0 unspecified atom stereocenters. The average Bonchev–Trinajstić information content (AvgIpc) is 3.41. The normalized spacial score (nSPS) is 15.7. The molecule has 1 amide bonds. The Hall–Kier alpha value is -3.02. The minimum Gasteiger partial charge on any atom is -0.467 e. The van der Waals surface area contributed by atoms with E-state index >= 15 is 0 Å². The summed E-state index contributed by atoms with van der Waals surface area (Å²) in [5.41, 5.74) is 0.990. The second-order valence-corrected chi connectivity index (χ2v) is 6.71. The van der Waals surface area contributed by atoms with Crippen LogP contribution in [0.5, 0.6) is 0 Å². The molecule has 1 aliphatic rings. The summed E-state index contributed by atoms with van der Waals surface area (Å²) in [7, 11) is 0. The summed E-state index contributed by atoms with van der Waals surface area (Å²) in [5, 5.41) is 0. The largest absolute Gasteiger partial charge is 0.467 e. The number of aromatic nitrogens is 1. The van der Waals surface area contributed by atoms with Crippen LogP contribution in [-0.4, -0.2) is 41.6 Å². The molecule has 6 heteroatoms. The maximum absolute atomic E-state index is 13.1. The number of benzene rings is 1. The maximum Gasteiger partial charge on any atom is 0.225 e. The number of carbonyl (C=O) groups is 1. The molecule has 0 radical (unpaired) electrons. The summed E-state index contributed by atoms with van der Waals surface area (Å²) >= 11 is 0. The lowest BCUT2D eigenvalue weighted by Gasteiger charge is -2.36. The maximum atomic E-state index is 13.1. The van der Waals surface area contributed by atoms with Gasteiger partial charge >= 0.3 is 0 Å². The van der Waals surface area contributed by atoms with Crippen LogP contribution in [0, 0.1) is 5.82 Å². The molecule has 0 N–H and O–H groups in total. The van der Waals surface area contributed by atoms with E-state index in [1.165, 1.54) is 12.1 Å². The van der Waals surface area contributed by atoms with Crippen molar-refractivity contribution >= 4 is 11.6 Å². The molecule has 1 fully saturated rings. The van der Waals surface area contributed by atoms with E-state index in [9.17, 15) is 9.18 Å². The zero-order valence-electron chi connectivity index (χ0n) is 15.0. The van der Waals surface area contributed by atoms with Crippen LogP contribution >= 0.6 is 0 Å². The van der Waals surface area contributed by atoms with Crippen molar-refractivity contribution in [2.75, 3.05) is 31.1 Å². The molecule has 2 aromatic heterocycles. The molecule has 3 aromatic rings. The second-order valence-electron chi connectivity index (χ2n) is 6.71. The molecule has 5 nitrogen and oxygen atoms in total. The monoisotopic (exact) mass is 367 g/mol. The van der Waals surface area contributed by atoms with Gasteiger partial charge in [-0.25, -0.2) is 4.39 Å². The molecular formula is C21H22FN3O2. The highest BCUT2D eigenvalue weighted by molar-refractivity contribution is 5.77. The number of rotatable bonds is 5. The SMILES string of the molecule is O=C(C[C@@H](c1ccco1)n1cccc1)N1CCN(c2ccc(F)cc2)CC1. The van der Waals surface area contributed by atoms with Gasteiger partial charge in [0.05, 0.1) is 18.7 Å². The van der Waals surface area contributed by atoms with Crippen molar-refractivity contribution in [1.82, 2.24) is 9.47 Å². The lowest BCUT2D eigenvalue weighted by Crippen LogP contribution is -2.49. The summed E-state index contributed by atoms with van der Waals surface area (Å²) in [4.78, 5) is 17.0. The molecule has 3 heterocycles. The first-order valence-corrected chi connectivity index (χ1v) is 9.15. The third-order valence-corrected chi connectivity index (χ3v) is 5.05. The number of hydrogen-bond donors (Lipinski definition) is 0. The number of hydrogen-bond acceptors (Lipinski definition) is 3. The van der Waals surface area contributed by atoms with Crippen molar-refractivity contribution in [2.45, 2.75) is 12.5 Å². The van der Waals surface area contributed by atoms with Crippen LogP contribution in [0.25, 0.3) is 0 Å². The fourth-order valence-electron chi connectivity index (χ4n) is 3.55. The van der Waals surface area contributed by atoms with E-state index in [1.807, 2.05) is 46.1 Å². The van der Waals surface area contributed by atoms with Crippen LogP contribution in [0.3, 0.4) is 0 Å². The standard InChI is InChI=1S/C21H22FN3O2/c22-17-5-7-18(8-6-17)23-11-13-25(14-12-23)21(26)16-19(20-4-3-15-27-20)24-9-1-2-10-24/h1-10,15,19H,11-14,16H2/t19-/m0/s1. The molecule has 1 aliphatic heterocycles. The van der Waals surface area contributed by atoms with Gasteiger partial charge in [0, 0.05) is 44.3 Å². The minimum atomic E-state index is -0.235. The number of furan rings is 1. The molecule has 0 spiro atoms. The van der Waals surface area contributed by atoms with Crippen molar-refractivity contribution < 1.29 is 13.6 Å². The zero-order valence-corrected chi connectivity index (χ0v) is 15.0. The lowest BCUT2D eigenvalue weighted by atomic mass is 10.1. The van der Waals surface area contributed by atoms with Crippen LogP contribution in [0.15, 0.2) is 71.6 Å². The quantitative estimate of drug-likeness (QED) is 0.693. The van der Waals surface area contributed by atoms with E-state index in [0.717, 1.165) is 24.5 Å². The van der Waals surface area contributed by atoms with E-state index in [4.69, 9.17) is 4.42 Å². The molecular weight excluding hydrogens is 345 g/mol. The smallest absolute Gasteiger partial charge is 0.225 e. The molecule has 0 bridgehead atoms. The van der Waals surface area contributed by atoms with Crippen molar-refractivity contribution in [3.63, 3.8) is 0 Å². The summed E-state index contributed by atoms with van der Waals surface area (Å²) in [6.07, 6.45) is 5.90. The van der Waals surface area contributed by atoms with E-state index in [0.29, 0.717) is 19.5 Å². The number of amides is 1. The van der Waals surface area contributed by atoms with Crippen molar-refractivity contribution in [1.29, 1.82) is 0 Å². The van der Waals surface area contributed by atoms with Crippen molar-refractivity contribution in [2.24, 2.45) is 0 Å². The molecule has 1 aromatic carbocycles. The Labute approximate surface area is 157 Å². The summed E-state index contributed by atoms with van der Waals surface area (Å²) < 4.78 is 20.7. The average molecular weight is 367 g/mol. The summed E-state index contributed by atoms with van der Waals surface area (Å²) in [5.74, 6) is 0.662. The van der Waals surface area contributed by atoms with Crippen LogP contribution in [-0.2, 0) is 4.79 Å². The van der Waals surface area contributed by atoms with Gasteiger partial charge in [-0.1, -0.05) is 0 Å². The van der Waals surface area contributed by atoms with Crippen molar-refractivity contribution in [3.05, 3.63) is 78.8 Å². The molecule has 140 valence electrons. The molecule has 1 atom stereocenters. The number of carbonyl (C=O) groups excluding carboxylic acids is 1. The predicted molar refractivity (Wildman–Crippen MR) is 101 cm³/mol. The van der Waals surface area contributed by atoms with Crippen LogP contribution in [0.2, 0.25) is 0 Å². The highest BCUT2D eigenvalue weighted by atomic mass is 19.1. The molecule has 1 saturated heterocycles. The summed E-state index contributed by atoms with van der Waals surface area (Å²) in [6.45, 7) is 2.80. The zero-order chi connectivity index (χ0) is 18.6. The molecule has 4 rings (SSSR count). The van der Waals surface area contributed by atoms with Gasteiger partial charge in [0.15, 0.2) is 0 Å². The first-order chi connectivity index (χ1) is 13.2. The Morgan fingerprint density at radius 3 is 2.33 bits per heavy atom. The van der Waals surface area contributed by atoms with Gasteiger partial charge in [-0.3, -0.25) is 4.79 Å². The fraction of sp³-hybridized carbons (Fsp3) is 0.286. The van der Waals surface area contributed by atoms with Gasteiger partial charge < -0.3 is 18.8 Å². The van der Waals surface area contributed by atoms with Gasteiger partial charge in [-0.2, -0.15) is 0 Å². The molecule has 27 heavy (non-hydrogen) atoms. The van der Waals surface area contributed by atoms with E-state index in [-0.39, 0.29) is 17.8 Å². The van der Waals surface area contributed by atoms with Gasteiger partial charge in [-0.15, -0.1) is 0 Å². The lowest BCUT2D eigenvalue weighted by molar-refractivity contribution is -0.132. The predicted octanol–water partition coefficient (Wildman–Crippen LogP) is 3.55. The number of nitrogens with zero attached hydrogens (tertiary/aromatic N) is 3. The minimum absolute atomic E-state index is 0.115. The molecule has 0 saturated carbocycles. The van der Waals surface area contributed by atoms with Crippen molar-refractivity contribution in [3.8, 4) is 0 Å². The summed E-state index contributed by atoms with van der Waals surface area (Å²) in [6, 6.07) is 14.0. The highest BCUT2D eigenvalue weighted by Gasteiger charge is 2.26. The Morgan fingerprint density at radius 1 is 1.00 bits per heavy atom. The van der Waals surface area contributed by atoms with Crippen LogP contribution in [0.1, 0.15) is 18.2 Å². The first kappa shape index (κ1) is 17.4. The van der Waals surface area contributed by atoms with Gasteiger partial charge in [0.1, 0.15) is 11.6 Å². The number of piperazine rings is 1. The van der Waals surface area contributed by atoms with E-state index < -0.39 is 0 Å². The second kappa shape index (κ2) is 7.70. The number of halogens is 1.